The fourth-order valence-corrected chi connectivity index (χ4v) is 4.43. The number of rotatable bonds is 6. The minimum atomic E-state index is -0.281. The summed E-state index contributed by atoms with van der Waals surface area (Å²) in [5, 5.41) is 3.71. The molecule has 1 aromatic heterocycles. The van der Waals surface area contributed by atoms with E-state index in [9.17, 15) is 4.79 Å². The number of thioether (sulfide) groups is 1. The van der Waals surface area contributed by atoms with E-state index >= 15 is 0 Å². The first-order valence-corrected chi connectivity index (χ1v) is 11.5. The Labute approximate surface area is 192 Å². The molecule has 1 N–H and O–H groups in total. The van der Waals surface area contributed by atoms with Crippen LogP contribution in [0, 0.1) is 6.92 Å². The van der Waals surface area contributed by atoms with Crippen LogP contribution in [0.15, 0.2) is 53.6 Å². The van der Waals surface area contributed by atoms with Crippen LogP contribution in [0.3, 0.4) is 0 Å². The Kier molecular flexibility index (Phi) is 6.48. The molecule has 1 amide bonds. The van der Waals surface area contributed by atoms with Gasteiger partial charge in [-0.05, 0) is 39.0 Å². The van der Waals surface area contributed by atoms with Crippen molar-refractivity contribution in [3.63, 3.8) is 0 Å². The van der Waals surface area contributed by atoms with Gasteiger partial charge in [0.05, 0.1) is 30.8 Å². The average molecular weight is 450 g/mol. The number of nitrogens with one attached hydrogen (secondary N) is 1. The molecule has 1 aliphatic heterocycles. The number of nitrogens with zero attached hydrogens (tertiary/aromatic N) is 2. The number of aryl methyl sites for hydroxylation is 1. The second kappa shape index (κ2) is 9.30. The largest absolute Gasteiger partial charge is 0.497 e. The molecule has 2 heterocycles. The molecule has 0 saturated heterocycles. The first-order valence-electron chi connectivity index (χ1n) is 10.5. The van der Waals surface area contributed by atoms with Gasteiger partial charge in [0.2, 0.25) is 5.91 Å². The topological polar surface area (TPSA) is 73.3 Å². The predicted octanol–water partition coefficient (Wildman–Crippen LogP) is 5.04. The number of fused-ring (bicyclic) bond motifs is 1. The van der Waals surface area contributed by atoms with Crippen molar-refractivity contribution < 1.29 is 14.3 Å². The Bertz CT molecular complexity index is 1150. The van der Waals surface area contributed by atoms with Crippen molar-refractivity contribution in [1.29, 1.82) is 0 Å². The second-order valence-electron chi connectivity index (χ2n) is 8.44. The Morgan fingerprint density at radius 2 is 2.00 bits per heavy atom. The van der Waals surface area contributed by atoms with Crippen molar-refractivity contribution in [3.8, 4) is 17.1 Å². The van der Waals surface area contributed by atoms with E-state index < -0.39 is 0 Å². The average Bonchev–Trinajstić information content (AvgIpc) is 2.76. The fraction of sp³-hybridized carbons (Fsp3) is 0.320. The molecule has 0 bridgehead atoms. The van der Waals surface area contributed by atoms with Crippen LogP contribution in [-0.4, -0.2) is 34.3 Å². The maximum absolute atomic E-state index is 12.6. The minimum Gasteiger partial charge on any atom is -0.497 e. The van der Waals surface area contributed by atoms with E-state index in [1.54, 1.807) is 13.2 Å². The number of ether oxygens (including phenoxy) is 2. The molecule has 0 radical (unpaired) electrons. The lowest BCUT2D eigenvalue weighted by Gasteiger charge is -2.32. The summed E-state index contributed by atoms with van der Waals surface area (Å²) < 4.78 is 11.2. The van der Waals surface area contributed by atoms with Crippen molar-refractivity contribution in [1.82, 2.24) is 9.97 Å². The number of benzene rings is 2. The third kappa shape index (κ3) is 5.29. The number of carbonyl (C=O) groups is 1. The predicted molar refractivity (Wildman–Crippen MR) is 127 cm³/mol. The van der Waals surface area contributed by atoms with Gasteiger partial charge in [-0.3, -0.25) is 4.79 Å². The number of methoxy groups -OCH3 is 1. The maximum atomic E-state index is 12.6. The molecule has 0 atom stereocenters. The first-order chi connectivity index (χ1) is 15.3. The molecule has 2 aromatic carbocycles. The number of hydrogen-bond acceptors (Lipinski definition) is 6. The summed E-state index contributed by atoms with van der Waals surface area (Å²) >= 11 is 1.41. The maximum Gasteiger partial charge on any atom is 0.234 e. The molecule has 6 nitrogen and oxygen atoms in total. The lowest BCUT2D eigenvalue weighted by atomic mass is 9.96. The molecule has 32 heavy (non-hydrogen) atoms. The summed E-state index contributed by atoms with van der Waals surface area (Å²) in [6.45, 7) is 6.63. The van der Waals surface area contributed by atoms with Crippen LogP contribution in [0.1, 0.15) is 30.7 Å². The van der Waals surface area contributed by atoms with Crippen LogP contribution in [0.25, 0.3) is 11.4 Å². The smallest absolute Gasteiger partial charge is 0.234 e. The number of anilines is 1. The molecule has 166 valence electrons. The molecule has 0 aliphatic carbocycles. The second-order valence-corrected chi connectivity index (χ2v) is 9.41. The van der Waals surface area contributed by atoms with Crippen molar-refractivity contribution >= 4 is 23.4 Å². The molecule has 0 saturated carbocycles. The van der Waals surface area contributed by atoms with Gasteiger partial charge in [-0.2, -0.15) is 0 Å². The van der Waals surface area contributed by atoms with Gasteiger partial charge in [0.1, 0.15) is 10.8 Å². The van der Waals surface area contributed by atoms with E-state index in [2.05, 4.69) is 38.2 Å². The quantitative estimate of drug-likeness (QED) is 0.420. The third-order valence-corrected chi connectivity index (χ3v) is 6.24. The molecule has 1 aliphatic rings. The van der Waals surface area contributed by atoms with Crippen LogP contribution in [0.4, 0.5) is 5.69 Å². The van der Waals surface area contributed by atoms with Gasteiger partial charge in [0.25, 0.3) is 0 Å². The fourth-order valence-electron chi connectivity index (χ4n) is 3.58. The van der Waals surface area contributed by atoms with Crippen molar-refractivity contribution in [2.45, 2.75) is 44.4 Å². The van der Waals surface area contributed by atoms with Gasteiger partial charge in [0.15, 0.2) is 5.82 Å². The van der Waals surface area contributed by atoms with Crippen LogP contribution in [-0.2, 0) is 22.6 Å². The molecule has 7 heteroatoms. The Morgan fingerprint density at radius 1 is 1.19 bits per heavy atom. The number of aromatic nitrogens is 2. The summed E-state index contributed by atoms with van der Waals surface area (Å²) in [5.41, 5.74) is 4.50. The lowest BCUT2D eigenvalue weighted by molar-refractivity contribution is -0.113. The molecular formula is C25H27N3O3S. The van der Waals surface area contributed by atoms with E-state index in [1.165, 1.54) is 11.8 Å². The standard InChI is InChI=1S/C25H27N3O3S/c1-16-7-5-8-17(11-16)23-27-21-13-25(2,3)31-14-20(21)24(28-23)32-15-22(29)26-18-9-6-10-19(12-18)30-4/h5-12H,13-15H2,1-4H3,(H,26,29). The highest BCUT2D eigenvalue weighted by atomic mass is 32.2. The highest BCUT2D eigenvalue weighted by Gasteiger charge is 2.30. The highest BCUT2D eigenvalue weighted by Crippen LogP contribution is 2.34. The molecule has 0 spiro atoms. The molecule has 3 aromatic rings. The van der Waals surface area contributed by atoms with Crippen molar-refractivity contribution in [2.24, 2.45) is 0 Å². The number of hydrogen-bond donors (Lipinski definition) is 1. The van der Waals surface area contributed by atoms with Crippen LogP contribution in [0.2, 0.25) is 0 Å². The zero-order valence-corrected chi connectivity index (χ0v) is 19.6. The molecule has 4 rings (SSSR count). The van der Waals surface area contributed by atoms with Crippen LogP contribution in [0.5, 0.6) is 5.75 Å². The lowest BCUT2D eigenvalue weighted by Crippen LogP contribution is -2.33. The monoisotopic (exact) mass is 449 g/mol. The Balaban J connectivity index is 1.58. The number of carbonyl (C=O) groups excluding carboxylic acids is 1. The normalized spacial score (nSPS) is 14.5. The SMILES string of the molecule is COc1cccc(NC(=O)CSc2nc(-c3cccc(C)c3)nc3c2COC(C)(C)C3)c1. The highest BCUT2D eigenvalue weighted by molar-refractivity contribution is 8.00. The molecular weight excluding hydrogens is 422 g/mol. The summed E-state index contributed by atoms with van der Waals surface area (Å²) in [4.78, 5) is 22.3. The van der Waals surface area contributed by atoms with Crippen molar-refractivity contribution in [3.05, 3.63) is 65.4 Å². The van der Waals surface area contributed by atoms with E-state index in [4.69, 9.17) is 19.4 Å². The van der Waals surface area contributed by atoms with Gasteiger partial charge < -0.3 is 14.8 Å². The zero-order chi connectivity index (χ0) is 22.7. The van der Waals surface area contributed by atoms with Crippen LogP contribution >= 0.6 is 11.8 Å². The molecule has 0 fully saturated rings. The van der Waals surface area contributed by atoms with Gasteiger partial charge in [0, 0.05) is 29.3 Å². The third-order valence-electron chi connectivity index (χ3n) is 5.22. The van der Waals surface area contributed by atoms with Gasteiger partial charge in [-0.15, -0.1) is 0 Å². The first kappa shape index (κ1) is 22.3. The summed E-state index contributed by atoms with van der Waals surface area (Å²) in [6, 6.07) is 15.5. The minimum absolute atomic E-state index is 0.107. The number of amides is 1. The van der Waals surface area contributed by atoms with E-state index in [-0.39, 0.29) is 17.3 Å². The Hall–Kier alpha value is -2.90. The van der Waals surface area contributed by atoms with E-state index in [1.807, 2.05) is 30.3 Å². The zero-order valence-electron chi connectivity index (χ0n) is 18.8. The van der Waals surface area contributed by atoms with Crippen molar-refractivity contribution in [2.75, 3.05) is 18.2 Å². The molecule has 0 unspecified atom stereocenters. The van der Waals surface area contributed by atoms with Gasteiger partial charge >= 0.3 is 0 Å². The summed E-state index contributed by atoms with van der Waals surface area (Å²) in [7, 11) is 1.60. The Morgan fingerprint density at radius 3 is 2.78 bits per heavy atom. The van der Waals surface area contributed by atoms with Gasteiger partial charge in [-0.1, -0.05) is 41.6 Å². The van der Waals surface area contributed by atoms with Crippen LogP contribution < -0.4 is 10.1 Å². The van der Waals surface area contributed by atoms with Gasteiger partial charge in [-0.25, -0.2) is 9.97 Å². The summed E-state index contributed by atoms with van der Waals surface area (Å²) in [5.74, 6) is 1.51. The summed E-state index contributed by atoms with van der Waals surface area (Å²) in [6.07, 6.45) is 0.702. The van der Waals surface area contributed by atoms with E-state index in [0.29, 0.717) is 30.3 Å². The van der Waals surface area contributed by atoms with E-state index in [0.717, 1.165) is 27.4 Å².